The molecule has 2 bridgehead atoms. The molecule has 5 aliphatic rings. The molecule has 9 rings (SSSR count). The number of aromatic nitrogens is 3. The van der Waals surface area contributed by atoms with Crippen molar-refractivity contribution in [1.29, 1.82) is 0 Å². The molecular weight excluding hydrogens is 1140 g/mol. The van der Waals surface area contributed by atoms with Gasteiger partial charge in [0.25, 0.3) is 5.91 Å². The van der Waals surface area contributed by atoms with Crippen LogP contribution in [0.15, 0.2) is 66.3 Å². The van der Waals surface area contributed by atoms with Crippen LogP contribution in [0.1, 0.15) is 104 Å². The largest absolute Gasteiger partial charge is 0.382 e. The minimum Gasteiger partial charge on any atom is -0.382 e. The Hall–Kier alpha value is -7.14. The van der Waals surface area contributed by atoms with Crippen LogP contribution in [0.4, 0.5) is 26.1 Å². The molecule has 0 radical (unpaired) electrons. The number of carbonyl (C=O) groups is 5. The summed E-state index contributed by atoms with van der Waals surface area (Å²) in [5.41, 5.74) is 11.5. The van der Waals surface area contributed by atoms with Crippen molar-refractivity contribution < 1.29 is 51.7 Å². The Balaban J connectivity index is 0.637. The smallest absolute Gasteiger partial charge is 0.303 e. The molecule has 5 atom stereocenters. The lowest BCUT2D eigenvalue weighted by Crippen LogP contribution is -2.58. The lowest BCUT2D eigenvalue weighted by Gasteiger charge is -2.38. The minimum atomic E-state index is -0.756. The molecule has 0 saturated carbocycles. The molecule has 4 amide bonds. The van der Waals surface area contributed by atoms with Crippen molar-refractivity contribution in [2.75, 3.05) is 110 Å². The van der Waals surface area contributed by atoms with Gasteiger partial charge in [-0.3, -0.25) is 29.0 Å². The topological polar surface area (TPSA) is 233 Å². The number of anilines is 2. The third-order valence-electron chi connectivity index (χ3n) is 17.0. The third kappa shape index (κ3) is 16.0. The predicted octanol–water partition coefficient (Wildman–Crippen LogP) is 7.03. The summed E-state index contributed by atoms with van der Waals surface area (Å²) in [5, 5.41) is 11.6. The van der Waals surface area contributed by atoms with E-state index in [2.05, 4.69) is 37.0 Å². The maximum absolute atomic E-state index is 14.8. The zero-order valence-electron chi connectivity index (χ0n) is 50.0. The average Bonchev–Trinajstić information content (AvgIpc) is 2.22. The van der Waals surface area contributed by atoms with E-state index in [-0.39, 0.29) is 110 Å². The number of ether oxygens (including phenoxy) is 4. The maximum Gasteiger partial charge on any atom is 0.303 e. The third-order valence-corrected chi connectivity index (χ3v) is 18.2. The Kier molecular flexibility index (Phi) is 22.7. The number of nitrogens with two attached hydrogens (primary N) is 1. The van der Waals surface area contributed by atoms with Gasteiger partial charge in [0.15, 0.2) is 0 Å². The van der Waals surface area contributed by atoms with Crippen LogP contribution in [0, 0.1) is 24.1 Å². The van der Waals surface area contributed by atoms with Gasteiger partial charge in [-0.1, -0.05) is 25.3 Å². The number of hydrogen-bond donors (Lipinski definition) is 3. The number of likely N-dealkylation sites (N-methyl/N-ethyl adjacent to an activating group) is 1. The fourth-order valence-electron chi connectivity index (χ4n) is 12.1. The van der Waals surface area contributed by atoms with Gasteiger partial charge in [-0.2, -0.15) is 4.68 Å². The van der Waals surface area contributed by atoms with Crippen LogP contribution in [-0.4, -0.2) is 187 Å². The van der Waals surface area contributed by atoms with Gasteiger partial charge in [0.2, 0.25) is 17.7 Å². The van der Waals surface area contributed by atoms with E-state index in [1.165, 1.54) is 30.3 Å². The summed E-state index contributed by atoms with van der Waals surface area (Å²) in [6.45, 7) is 19.0. The number of benzene rings is 2. The molecule has 2 aromatic heterocycles. The number of thioether (sulfide) groups is 1. The van der Waals surface area contributed by atoms with E-state index in [0.29, 0.717) is 137 Å². The fourth-order valence-corrected chi connectivity index (χ4v) is 13.3. The van der Waals surface area contributed by atoms with Crippen LogP contribution < -0.4 is 21.3 Å². The number of likely N-dealkylation sites (tertiary alicyclic amines) is 2. The molecule has 0 spiro atoms. The first kappa shape index (κ1) is 64.3. The first-order chi connectivity index (χ1) is 42.1. The van der Waals surface area contributed by atoms with Crippen molar-refractivity contribution in [3.8, 4) is 11.1 Å². The van der Waals surface area contributed by atoms with Crippen molar-refractivity contribution in [2.45, 2.75) is 114 Å². The Bertz CT molecular complexity index is 3190. The monoisotopic (exact) mass is 1220 g/mol. The molecule has 21 nitrogen and oxygen atoms in total. The van der Waals surface area contributed by atoms with Crippen LogP contribution in [0.3, 0.4) is 0 Å². The summed E-state index contributed by atoms with van der Waals surface area (Å²) in [6.07, 6.45) is 6.90. The second-order valence-electron chi connectivity index (χ2n) is 22.7. The molecule has 5 aliphatic heterocycles. The predicted molar refractivity (Wildman–Crippen MR) is 328 cm³/mol. The van der Waals surface area contributed by atoms with E-state index in [0.717, 1.165) is 35.4 Å². The van der Waals surface area contributed by atoms with E-state index in [1.807, 2.05) is 11.0 Å². The highest BCUT2D eigenvalue weighted by molar-refractivity contribution is 8.14. The number of nitrogens with one attached hydrogen (secondary N) is 2. The van der Waals surface area contributed by atoms with E-state index in [1.54, 1.807) is 65.6 Å². The molecule has 4 aromatic rings. The summed E-state index contributed by atoms with van der Waals surface area (Å²) in [4.78, 5) is 88.8. The Morgan fingerprint density at radius 2 is 1.53 bits per heavy atom. The summed E-state index contributed by atoms with van der Waals surface area (Å²) in [6, 6.07) is 10.4. The first-order valence-corrected chi connectivity index (χ1v) is 31.2. The number of aryl methyl sites for hydroxylation is 1. The number of hydrogen-bond acceptors (Lipinski definition) is 16. The highest BCUT2D eigenvalue weighted by atomic mass is 32.2. The second kappa shape index (κ2) is 30.7. The number of nitrogen functional groups attached to an aromatic ring is 1. The van der Waals surface area contributed by atoms with Gasteiger partial charge < -0.3 is 59.8 Å². The molecule has 4 N–H and O–H groups in total. The number of Topliss-reactive ketones (excluding diaryl/α,β-unsaturated/α-hetero) is 1. The highest BCUT2D eigenvalue weighted by Gasteiger charge is 2.43. The first-order valence-electron chi connectivity index (χ1n) is 30.2. The highest BCUT2D eigenvalue weighted by Crippen LogP contribution is 2.44. The van der Waals surface area contributed by atoms with Gasteiger partial charge in [-0.25, -0.2) is 13.8 Å². The average molecular weight is 1220 g/mol. The van der Waals surface area contributed by atoms with Gasteiger partial charge in [0.05, 0.1) is 113 Å². The number of ketones is 1. The maximum atomic E-state index is 14.8. The number of amides is 4. The van der Waals surface area contributed by atoms with Gasteiger partial charge in [0, 0.05) is 69.1 Å². The summed E-state index contributed by atoms with van der Waals surface area (Å²) in [7, 11) is 3.37. The summed E-state index contributed by atoms with van der Waals surface area (Å²) >= 11 is 1.62. The van der Waals surface area contributed by atoms with Gasteiger partial charge in [-0.05, 0) is 129 Å². The number of aliphatic imine (C=N–C) groups is 1. The summed E-state index contributed by atoms with van der Waals surface area (Å²) in [5.74, 6) is -0.517. The Morgan fingerprint density at radius 3 is 2.23 bits per heavy atom. The molecule has 466 valence electrons. The zero-order chi connectivity index (χ0) is 61.6. The lowest BCUT2D eigenvalue weighted by atomic mass is 9.88. The molecule has 3 saturated heterocycles. The SMILES string of the molecule is [C-]#[N+]c1nn(CCCC(=O)CCOCCOCCOCCOCCC(=O)N2CCC([C@@H](NC(=O)[C@@H](C)NC)C(=O)N3CCC[C@@H]3C3=NC(C(=C)c4ccc(F)cc4)CS3)CC2)c2c1-c1cnc(N)c(c1)N1CCC[C@@H]1c1cc(F)ccc1C(=O)N(C)C2. The van der Waals surface area contributed by atoms with Crippen molar-refractivity contribution >= 4 is 69.1 Å². The Morgan fingerprint density at radius 1 is 0.862 bits per heavy atom. The van der Waals surface area contributed by atoms with E-state index in [9.17, 15) is 32.8 Å². The van der Waals surface area contributed by atoms with Crippen LogP contribution in [0.5, 0.6) is 0 Å². The van der Waals surface area contributed by atoms with Gasteiger partial charge >= 0.3 is 5.82 Å². The molecule has 2 aromatic carbocycles. The van der Waals surface area contributed by atoms with E-state index < -0.39 is 17.9 Å². The number of piperidine rings is 1. The van der Waals surface area contributed by atoms with Gasteiger partial charge in [0.1, 0.15) is 29.3 Å². The normalized spacial score (nSPS) is 19.3. The van der Waals surface area contributed by atoms with Crippen LogP contribution in [-0.2, 0) is 51.2 Å². The van der Waals surface area contributed by atoms with Crippen molar-refractivity contribution in [1.82, 2.24) is 40.1 Å². The van der Waals surface area contributed by atoms with Crippen molar-refractivity contribution in [3.05, 3.63) is 107 Å². The Labute approximate surface area is 511 Å². The number of pyridine rings is 1. The number of halogens is 2. The van der Waals surface area contributed by atoms with Crippen molar-refractivity contribution in [3.63, 3.8) is 0 Å². The summed E-state index contributed by atoms with van der Waals surface area (Å²) < 4.78 is 52.7. The number of carbonyl (C=O) groups excluding carboxylic acids is 5. The van der Waals surface area contributed by atoms with Crippen LogP contribution in [0.2, 0.25) is 0 Å². The molecule has 24 heteroatoms. The molecule has 7 heterocycles. The van der Waals surface area contributed by atoms with Crippen molar-refractivity contribution in [2.24, 2.45) is 10.9 Å². The fraction of sp³-hybridized carbons (Fsp3) is 0.540. The zero-order valence-corrected chi connectivity index (χ0v) is 50.8. The van der Waals surface area contributed by atoms with Crippen LogP contribution in [0.25, 0.3) is 21.5 Å². The lowest BCUT2D eigenvalue weighted by molar-refractivity contribution is -0.140. The molecular formula is C63H80F2N12O9S. The molecule has 87 heavy (non-hydrogen) atoms. The van der Waals surface area contributed by atoms with Gasteiger partial charge in [-0.15, -0.1) is 11.8 Å². The quantitative estimate of drug-likeness (QED) is 0.0402. The van der Waals surface area contributed by atoms with E-state index >= 15 is 0 Å². The number of fused-ring (bicyclic) bond motifs is 8. The van der Waals surface area contributed by atoms with E-state index in [4.69, 9.17) is 36.2 Å². The standard InChI is InChI=1S/C63H80F2N12O9S/c1-40(42-12-14-45(64)15-13-42)50-39-87-61(70-50)52-11-8-23-76(52)63(82)57(71-60(80)41(2)67-3)43-18-25-74(26-19-43)55(79)21-28-84-30-32-86-34-33-85-31-29-83-27-20-47(78)9-6-24-77-54-38-73(5)62(81)48-17-16-46(65)36-49(48)51-10-7-22-75(51)53-35-44(37-69-58(53)66)56(54)59(68-4)72-77/h12-17,35-37,41,43,50-52,57,67H,1,6-11,18-34,38-39H2,2-3,5H3,(H2,66,69)(H,71,80)/t41-,50?,51-,52-,57-/m1/s1. The molecule has 1 unspecified atom stereocenters. The molecule has 0 aliphatic carbocycles. The minimum absolute atomic E-state index is 0.00813. The second-order valence-corrected chi connectivity index (χ2v) is 23.7. The number of rotatable bonds is 27. The van der Waals surface area contributed by atoms with Crippen LogP contribution >= 0.6 is 11.8 Å². The molecule has 3 fully saturated rings. The number of nitrogens with zero attached hydrogens (tertiary/aromatic N) is 9.